The maximum absolute atomic E-state index is 5.98. The van der Waals surface area contributed by atoms with Crippen molar-refractivity contribution in [1.29, 1.82) is 0 Å². The molecule has 0 atom stereocenters. The van der Waals surface area contributed by atoms with E-state index in [0.717, 1.165) is 60.3 Å². The Morgan fingerprint density at radius 1 is 1.10 bits per heavy atom. The number of hydrogen-bond donors (Lipinski definition) is 2. The molecule has 4 aromatic rings. The van der Waals surface area contributed by atoms with Crippen LogP contribution in [0.1, 0.15) is 0 Å². The molecule has 3 aromatic heterocycles. The normalized spacial score (nSPS) is 15.0. The highest BCUT2D eigenvalue weighted by molar-refractivity contribution is 5.92. The summed E-state index contributed by atoms with van der Waals surface area (Å²) in [6.07, 6.45) is 3.54. The van der Waals surface area contributed by atoms with Gasteiger partial charge < -0.3 is 14.8 Å². The predicted molar refractivity (Wildman–Crippen MR) is 112 cm³/mol. The maximum atomic E-state index is 5.98. The molecule has 0 radical (unpaired) electrons. The van der Waals surface area contributed by atoms with E-state index in [4.69, 9.17) is 9.47 Å². The van der Waals surface area contributed by atoms with Crippen LogP contribution in [0.3, 0.4) is 0 Å². The molecule has 0 aliphatic carbocycles. The Bertz CT molecular complexity index is 1120. The average Bonchev–Trinajstić information content (AvgIpc) is 3.17. The first-order valence-electron chi connectivity index (χ1n) is 9.75. The van der Waals surface area contributed by atoms with Gasteiger partial charge in [0.05, 0.1) is 18.7 Å². The second kappa shape index (κ2) is 8.02. The third-order valence-corrected chi connectivity index (χ3v) is 5.06. The maximum Gasteiger partial charge on any atom is 0.221 e. The van der Waals surface area contributed by atoms with Crippen molar-refractivity contribution < 1.29 is 9.47 Å². The lowest BCUT2D eigenvalue weighted by Crippen LogP contribution is -2.38. The largest absolute Gasteiger partial charge is 0.476 e. The van der Waals surface area contributed by atoms with Crippen LogP contribution in [0.2, 0.25) is 0 Å². The van der Waals surface area contributed by atoms with Gasteiger partial charge in [-0.1, -0.05) is 0 Å². The zero-order valence-corrected chi connectivity index (χ0v) is 16.0. The van der Waals surface area contributed by atoms with Crippen molar-refractivity contribution in [2.24, 2.45) is 0 Å². The van der Waals surface area contributed by atoms with Crippen LogP contribution in [-0.2, 0) is 4.74 Å². The number of nitrogens with zero attached hydrogens (tertiary/aromatic N) is 4. The van der Waals surface area contributed by atoms with Crippen molar-refractivity contribution in [2.45, 2.75) is 0 Å². The van der Waals surface area contributed by atoms with Gasteiger partial charge in [-0.2, -0.15) is 5.10 Å². The molecule has 4 heterocycles. The van der Waals surface area contributed by atoms with Crippen LogP contribution in [0, 0.1) is 0 Å². The van der Waals surface area contributed by atoms with Crippen molar-refractivity contribution in [3.05, 3.63) is 48.8 Å². The predicted octanol–water partition coefficient (Wildman–Crippen LogP) is 2.96. The molecule has 8 heteroatoms. The third-order valence-electron chi connectivity index (χ3n) is 5.06. The van der Waals surface area contributed by atoms with Crippen LogP contribution < -0.4 is 10.1 Å². The first-order chi connectivity index (χ1) is 14.4. The topological polar surface area (TPSA) is 88.2 Å². The molecule has 0 amide bonds. The lowest BCUT2D eigenvalue weighted by molar-refractivity contribution is 0.0321. The molecule has 8 nitrogen and oxygen atoms in total. The number of benzene rings is 1. The summed E-state index contributed by atoms with van der Waals surface area (Å²) in [6, 6.07) is 11.9. The van der Waals surface area contributed by atoms with E-state index < -0.39 is 0 Å². The minimum atomic E-state index is 0.608. The summed E-state index contributed by atoms with van der Waals surface area (Å²) in [5.41, 5.74) is 2.65. The molecule has 0 bridgehead atoms. The first kappa shape index (κ1) is 17.8. The zero-order chi connectivity index (χ0) is 19.5. The van der Waals surface area contributed by atoms with E-state index >= 15 is 0 Å². The number of aromatic amines is 1. The molecule has 0 spiro atoms. The SMILES string of the molecule is c1cnc2c(Nc3ccc4c(OCCN5CCOCC5)nccc4c3)n[nH]c2c1. The molecule has 0 saturated carbocycles. The Labute approximate surface area is 167 Å². The van der Waals surface area contributed by atoms with Gasteiger partial charge in [0.1, 0.15) is 12.1 Å². The number of pyridine rings is 2. The number of hydrogen-bond acceptors (Lipinski definition) is 7. The van der Waals surface area contributed by atoms with Gasteiger partial charge in [-0.15, -0.1) is 0 Å². The summed E-state index contributed by atoms with van der Waals surface area (Å²) in [7, 11) is 0. The molecule has 1 aliphatic rings. The van der Waals surface area contributed by atoms with Gasteiger partial charge in [0.15, 0.2) is 5.82 Å². The van der Waals surface area contributed by atoms with Crippen LogP contribution in [0.25, 0.3) is 21.8 Å². The van der Waals surface area contributed by atoms with E-state index in [1.165, 1.54) is 0 Å². The minimum absolute atomic E-state index is 0.608. The fourth-order valence-corrected chi connectivity index (χ4v) is 3.52. The van der Waals surface area contributed by atoms with Crippen molar-refractivity contribution in [3.8, 4) is 5.88 Å². The molecule has 148 valence electrons. The van der Waals surface area contributed by atoms with Crippen molar-refractivity contribution in [3.63, 3.8) is 0 Å². The average molecular weight is 390 g/mol. The molecular formula is C21H22N6O2. The molecule has 0 unspecified atom stereocenters. The Morgan fingerprint density at radius 3 is 2.97 bits per heavy atom. The lowest BCUT2D eigenvalue weighted by atomic mass is 10.1. The number of H-pyrrole nitrogens is 1. The highest BCUT2D eigenvalue weighted by Gasteiger charge is 2.12. The van der Waals surface area contributed by atoms with Crippen LogP contribution in [-0.4, -0.2) is 64.5 Å². The van der Waals surface area contributed by atoms with Crippen molar-refractivity contribution in [1.82, 2.24) is 25.1 Å². The molecule has 1 fully saturated rings. The monoisotopic (exact) mass is 390 g/mol. The number of nitrogens with one attached hydrogen (secondary N) is 2. The summed E-state index contributed by atoms with van der Waals surface area (Å²) >= 11 is 0. The van der Waals surface area contributed by atoms with Crippen molar-refractivity contribution >= 4 is 33.3 Å². The number of aromatic nitrogens is 4. The van der Waals surface area contributed by atoms with Crippen LogP contribution in [0.15, 0.2) is 48.8 Å². The Morgan fingerprint density at radius 2 is 2.03 bits per heavy atom. The summed E-state index contributed by atoms with van der Waals surface area (Å²) in [4.78, 5) is 11.2. The molecular weight excluding hydrogens is 368 g/mol. The van der Waals surface area contributed by atoms with E-state index in [0.29, 0.717) is 18.3 Å². The number of ether oxygens (including phenoxy) is 2. The van der Waals surface area contributed by atoms with E-state index in [9.17, 15) is 0 Å². The van der Waals surface area contributed by atoms with Crippen LogP contribution in [0.4, 0.5) is 11.5 Å². The van der Waals surface area contributed by atoms with E-state index in [1.54, 1.807) is 12.4 Å². The van der Waals surface area contributed by atoms with E-state index in [1.807, 2.05) is 30.3 Å². The number of anilines is 2. The standard InChI is InChI=1S/C21H22N6O2/c1-2-18-19(22-6-1)20(26-25-18)24-16-3-4-17-15(14-16)5-7-23-21(17)29-13-10-27-8-11-28-12-9-27/h1-7,14H,8-13H2,(H2,24,25,26). The van der Waals surface area contributed by atoms with Gasteiger partial charge in [0.25, 0.3) is 0 Å². The van der Waals surface area contributed by atoms with Crippen molar-refractivity contribution in [2.75, 3.05) is 44.8 Å². The third kappa shape index (κ3) is 3.85. The Hall–Kier alpha value is -3.23. The summed E-state index contributed by atoms with van der Waals surface area (Å²) < 4.78 is 11.4. The van der Waals surface area contributed by atoms with E-state index in [-0.39, 0.29) is 0 Å². The lowest BCUT2D eigenvalue weighted by Gasteiger charge is -2.26. The van der Waals surface area contributed by atoms with Crippen LogP contribution in [0.5, 0.6) is 5.88 Å². The van der Waals surface area contributed by atoms with Gasteiger partial charge in [-0.05, 0) is 41.8 Å². The molecule has 1 aliphatic heterocycles. The number of rotatable bonds is 6. The van der Waals surface area contributed by atoms with Gasteiger partial charge in [0.2, 0.25) is 5.88 Å². The highest BCUT2D eigenvalue weighted by Crippen LogP contribution is 2.28. The van der Waals surface area contributed by atoms with Crippen LogP contribution >= 0.6 is 0 Å². The summed E-state index contributed by atoms with van der Waals surface area (Å²) in [5, 5.41) is 12.7. The second-order valence-corrected chi connectivity index (χ2v) is 6.95. The quantitative estimate of drug-likeness (QED) is 0.523. The van der Waals surface area contributed by atoms with Gasteiger partial charge in [-0.25, -0.2) is 4.98 Å². The Balaban J connectivity index is 1.31. The second-order valence-electron chi connectivity index (χ2n) is 6.95. The molecule has 29 heavy (non-hydrogen) atoms. The Kier molecular flexibility index (Phi) is 4.93. The van der Waals surface area contributed by atoms with Gasteiger partial charge >= 0.3 is 0 Å². The molecule has 2 N–H and O–H groups in total. The zero-order valence-electron chi connectivity index (χ0n) is 16.0. The molecule has 5 rings (SSSR count). The fourth-order valence-electron chi connectivity index (χ4n) is 3.52. The number of fused-ring (bicyclic) bond motifs is 2. The summed E-state index contributed by atoms with van der Waals surface area (Å²) in [6.45, 7) is 4.99. The van der Waals surface area contributed by atoms with Gasteiger partial charge in [-0.3, -0.25) is 15.0 Å². The van der Waals surface area contributed by atoms with Gasteiger partial charge in [0, 0.05) is 43.1 Å². The van der Waals surface area contributed by atoms with E-state index in [2.05, 4.69) is 36.4 Å². The minimum Gasteiger partial charge on any atom is -0.476 e. The first-order valence-corrected chi connectivity index (χ1v) is 9.75. The molecule has 1 aromatic carbocycles. The fraction of sp³-hybridized carbons (Fsp3) is 0.286. The summed E-state index contributed by atoms with van der Waals surface area (Å²) in [5.74, 6) is 1.37. The highest BCUT2D eigenvalue weighted by atomic mass is 16.5. The number of morpholine rings is 1. The molecule has 1 saturated heterocycles. The smallest absolute Gasteiger partial charge is 0.221 e.